The number of phenols is 1. The number of phenolic OH excluding ortho intramolecular Hbond substituents is 1. The fourth-order valence-corrected chi connectivity index (χ4v) is 1.30. The predicted molar refractivity (Wildman–Crippen MR) is 66.3 cm³/mol. The van der Waals surface area contributed by atoms with E-state index in [1.54, 1.807) is 18.2 Å². The first kappa shape index (κ1) is 12.6. The largest absolute Gasteiger partial charge is 0.507 e. The van der Waals surface area contributed by atoms with Crippen LogP contribution < -0.4 is 11.2 Å². The minimum absolute atomic E-state index is 0.0693. The van der Waals surface area contributed by atoms with Gasteiger partial charge in [-0.05, 0) is 17.3 Å². The van der Waals surface area contributed by atoms with Crippen molar-refractivity contribution in [1.29, 1.82) is 0 Å². The molecule has 1 aromatic carbocycles. The zero-order valence-corrected chi connectivity index (χ0v) is 9.78. The summed E-state index contributed by atoms with van der Waals surface area (Å²) in [4.78, 5) is 11.5. The summed E-state index contributed by atoms with van der Waals surface area (Å²) in [7, 11) is 0. The number of hydrazone groups is 1. The van der Waals surface area contributed by atoms with Crippen molar-refractivity contribution >= 4 is 17.9 Å². The molecule has 1 amide bonds. The molecular formula is C11H11N5O3. The van der Waals surface area contributed by atoms with Gasteiger partial charge in [-0.3, -0.25) is 4.79 Å². The average Bonchev–Trinajstić information content (AvgIpc) is 2.77. The van der Waals surface area contributed by atoms with Crippen LogP contribution in [0.5, 0.6) is 5.75 Å². The molecule has 0 saturated heterocycles. The number of nitrogens with zero attached hydrogens (tertiary/aromatic N) is 3. The Morgan fingerprint density at radius 1 is 1.47 bits per heavy atom. The van der Waals surface area contributed by atoms with Crippen molar-refractivity contribution in [2.45, 2.75) is 6.42 Å². The van der Waals surface area contributed by atoms with Gasteiger partial charge in [0.1, 0.15) is 11.4 Å². The van der Waals surface area contributed by atoms with E-state index < -0.39 is 5.91 Å². The van der Waals surface area contributed by atoms with Crippen molar-refractivity contribution in [3.05, 3.63) is 35.5 Å². The van der Waals surface area contributed by atoms with E-state index in [2.05, 4.69) is 25.5 Å². The van der Waals surface area contributed by atoms with E-state index in [1.165, 1.54) is 12.3 Å². The highest BCUT2D eigenvalue weighted by atomic mass is 16.6. The fraction of sp³-hybridized carbons (Fsp3) is 0.0909. The molecule has 1 heterocycles. The molecule has 4 N–H and O–H groups in total. The van der Waals surface area contributed by atoms with E-state index in [0.717, 1.165) is 0 Å². The van der Waals surface area contributed by atoms with Crippen LogP contribution in [-0.2, 0) is 11.2 Å². The summed E-state index contributed by atoms with van der Waals surface area (Å²) in [5.41, 5.74) is 8.42. The number of nitrogens with one attached hydrogen (secondary N) is 1. The third kappa shape index (κ3) is 3.28. The van der Waals surface area contributed by atoms with Crippen LogP contribution in [0.4, 0.5) is 5.82 Å². The van der Waals surface area contributed by atoms with Crippen LogP contribution >= 0.6 is 0 Å². The second-order valence-electron chi connectivity index (χ2n) is 3.62. The molecule has 0 aliphatic rings. The van der Waals surface area contributed by atoms with E-state index in [4.69, 9.17) is 5.73 Å². The second-order valence-corrected chi connectivity index (χ2v) is 3.62. The molecule has 0 radical (unpaired) electrons. The molecule has 0 bridgehead atoms. The Morgan fingerprint density at radius 2 is 2.26 bits per heavy atom. The van der Waals surface area contributed by atoms with Gasteiger partial charge in [-0.2, -0.15) is 5.10 Å². The second kappa shape index (κ2) is 5.63. The van der Waals surface area contributed by atoms with E-state index in [-0.39, 0.29) is 23.7 Å². The number of nitrogen functional groups attached to an aromatic ring is 1. The monoisotopic (exact) mass is 261 g/mol. The molecule has 0 fully saturated rings. The molecule has 98 valence electrons. The highest BCUT2D eigenvalue weighted by molar-refractivity contribution is 5.85. The first-order valence-corrected chi connectivity index (χ1v) is 5.33. The number of rotatable bonds is 4. The van der Waals surface area contributed by atoms with Crippen LogP contribution in [0, 0.1) is 0 Å². The summed E-state index contributed by atoms with van der Waals surface area (Å²) in [6, 6.07) is 6.60. The van der Waals surface area contributed by atoms with Gasteiger partial charge in [-0.1, -0.05) is 17.3 Å². The van der Waals surface area contributed by atoms with E-state index >= 15 is 0 Å². The summed E-state index contributed by atoms with van der Waals surface area (Å²) < 4.78 is 4.36. The maximum atomic E-state index is 11.5. The number of hydrogen-bond donors (Lipinski definition) is 3. The minimum Gasteiger partial charge on any atom is -0.507 e. The molecule has 2 rings (SSSR count). The minimum atomic E-state index is -0.422. The number of benzene rings is 1. The first-order valence-electron chi connectivity index (χ1n) is 5.33. The third-order valence-corrected chi connectivity index (χ3v) is 2.24. The summed E-state index contributed by atoms with van der Waals surface area (Å²) in [6.45, 7) is 0. The van der Waals surface area contributed by atoms with Crippen molar-refractivity contribution in [2.75, 3.05) is 5.73 Å². The van der Waals surface area contributed by atoms with Crippen molar-refractivity contribution in [3.63, 3.8) is 0 Å². The van der Waals surface area contributed by atoms with Crippen LogP contribution in [0.1, 0.15) is 11.3 Å². The fourth-order valence-electron chi connectivity index (χ4n) is 1.30. The van der Waals surface area contributed by atoms with Gasteiger partial charge in [0.2, 0.25) is 5.91 Å². The predicted octanol–water partition coefficient (Wildman–Crippen LogP) is 0.0502. The molecule has 0 aliphatic carbocycles. The summed E-state index contributed by atoms with van der Waals surface area (Å²) in [6.07, 6.45) is 1.24. The number of carbonyl (C=O) groups is 1. The molecule has 0 saturated carbocycles. The summed E-state index contributed by atoms with van der Waals surface area (Å²) >= 11 is 0. The lowest BCUT2D eigenvalue weighted by molar-refractivity contribution is -0.120. The molecule has 1 aromatic heterocycles. The topological polar surface area (TPSA) is 127 Å². The van der Waals surface area contributed by atoms with Gasteiger partial charge in [0, 0.05) is 5.56 Å². The Morgan fingerprint density at radius 3 is 2.95 bits per heavy atom. The van der Waals surface area contributed by atoms with Crippen LogP contribution in [-0.4, -0.2) is 27.5 Å². The van der Waals surface area contributed by atoms with Crippen LogP contribution in [0.3, 0.4) is 0 Å². The van der Waals surface area contributed by atoms with Gasteiger partial charge in [0.15, 0.2) is 5.82 Å². The number of anilines is 1. The quantitative estimate of drug-likeness (QED) is 0.527. The number of nitrogens with two attached hydrogens (primary N) is 1. The Kier molecular flexibility index (Phi) is 3.72. The molecule has 2 aromatic rings. The number of aromatic hydroxyl groups is 1. The summed E-state index contributed by atoms with van der Waals surface area (Å²) in [5.74, 6) is -0.278. The molecule has 0 unspecified atom stereocenters. The Bertz CT molecular complexity index is 608. The van der Waals surface area contributed by atoms with Crippen LogP contribution in [0.15, 0.2) is 34.0 Å². The van der Waals surface area contributed by atoms with Gasteiger partial charge >= 0.3 is 0 Å². The standard InChI is InChI=1S/C11H11N5O3/c12-11-8(15-19-16-11)5-10(18)14-13-6-7-3-1-2-4-9(7)17/h1-4,6,17H,5H2,(H2,12,16)(H,14,18). The molecule has 19 heavy (non-hydrogen) atoms. The summed E-state index contributed by atoms with van der Waals surface area (Å²) in [5, 5.41) is 20.0. The molecule has 0 aliphatic heterocycles. The van der Waals surface area contributed by atoms with E-state index in [9.17, 15) is 9.90 Å². The normalized spacial score (nSPS) is 10.7. The number of amides is 1. The Balaban J connectivity index is 1.91. The van der Waals surface area contributed by atoms with Crippen molar-refractivity contribution in [1.82, 2.24) is 15.7 Å². The Hall–Kier alpha value is -2.90. The first-order chi connectivity index (χ1) is 9.16. The third-order valence-electron chi connectivity index (χ3n) is 2.24. The van der Waals surface area contributed by atoms with Crippen molar-refractivity contribution < 1.29 is 14.5 Å². The molecule has 0 atom stereocenters. The lowest BCUT2D eigenvalue weighted by atomic mass is 10.2. The molecule has 8 nitrogen and oxygen atoms in total. The molecular weight excluding hydrogens is 250 g/mol. The highest BCUT2D eigenvalue weighted by Crippen LogP contribution is 2.12. The number of hydrogen-bond acceptors (Lipinski definition) is 7. The van der Waals surface area contributed by atoms with Gasteiger partial charge < -0.3 is 10.8 Å². The van der Waals surface area contributed by atoms with Gasteiger partial charge in [-0.25, -0.2) is 10.1 Å². The van der Waals surface area contributed by atoms with Gasteiger partial charge in [0.05, 0.1) is 12.6 Å². The van der Waals surface area contributed by atoms with E-state index in [0.29, 0.717) is 5.56 Å². The zero-order chi connectivity index (χ0) is 13.7. The van der Waals surface area contributed by atoms with E-state index in [1.807, 2.05) is 0 Å². The maximum absolute atomic E-state index is 11.5. The SMILES string of the molecule is Nc1nonc1CC(=O)NN=Cc1ccccc1O. The lowest BCUT2D eigenvalue weighted by Crippen LogP contribution is -2.20. The van der Waals surface area contributed by atoms with Crippen LogP contribution in [0.2, 0.25) is 0 Å². The molecule has 8 heteroatoms. The smallest absolute Gasteiger partial charge is 0.246 e. The zero-order valence-electron chi connectivity index (χ0n) is 9.78. The highest BCUT2D eigenvalue weighted by Gasteiger charge is 2.10. The Labute approximate surface area is 107 Å². The maximum Gasteiger partial charge on any atom is 0.246 e. The van der Waals surface area contributed by atoms with Gasteiger partial charge in [-0.15, -0.1) is 0 Å². The average molecular weight is 261 g/mol. The van der Waals surface area contributed by atoms with Crippen LogP contribution in [0.25, 0.3) is 0 Å². The lowest BCUT2D eigenvalue weighted by Gasteiger charge is -1.98. The van der Waals surface area contributed by atoms with Gasteiger partial charge in [0.25, 0.3) is 0 Å². The number of carbonyl (C=O) groups excluding carboxylic acids is 1. The molecule has 0 spiro atoms. The number of para-hydroxylation sites is 1. The van der Waals surface area contributed by atoms with Crippen molar-refractivity contribution in [3.8, 4) is 5.75 Å². The van der Waals surface area contributed by atoms with Crippen molar-refractivity contribution in [2.24, 2.45) is 5.10 Å². The number of aromatic nitrogens is 2.